The molecule has 1 heterocycles. The first-order valence-corrected chi connectivity index (χ1v) is 9.13. The topological polar surface area (TPSA) is 44.8 Å². The molecular formula is C21H27N3O2. The summed E-state index contributed by atoms with van der Waals surface area (Å²) in [5.41, 5.74) is 2.62. The average Bonchev–Trinajstić information content (AvgIpc) is 2.63. The predicted octanol–water partition coefficient (Wildman–Crippen LogP) is 3.48. The number of piperazine rings is 1. The van der Waals surface area contributed by atoms with Gasteiger partial charge in [0.05, 0.1) is 6.10 Å². The van der Waals surface area contributed by atoms with Crippen LogP contribution in [-0.2, 0) is 0 Å². The van der Waals surface area contributed by atoms with E-state index in [1.807, 2.05) is 38.1 Å². The van der Waals surface area contributed by atoms with E-state index in [1.165, 1.54) is 5.69 Å². The molecule has 2 aromatic carbocycles. The smallest absolute Gasteiger partial charge is 0.255 e. The van der Waals surface area contributed by atoms with E-state index in [9.17, 15) is 4.79 Å². The van der Waals surface area contributed by atoms with E-state index in [1.54, 1.807) is 12.1 Å². The number of amides is 1. The lowest BCUT2D eigenvalue weighted by Gasteiger charge is -2.34. The Morgan fingerprint density at radius 2 is 1.58 bits per heavy atom. The van der Waals surface area contributed by atoms with Crippen LogP contribution in [0.5, 0.6) is 5.75 Å². The molecule has 0 radical (unpaired) electrons. The lowest BCUT2D eigenvalue weighted by Crippen LogP contribution is -2.44. The summed E-state index contributed by atoms with van der Waals surface area (Å²) in [4.78, 5) is 17.1. The van der Waals surface area contributed by atoms with Crippen LogP contribution in [0.15, 0.2) is 48.5 Å². The third kappa shape index (κ3) is 4.76. The third-order valence-electron chi connectivity index (χ3n) is 4.48. The zero-order valence-electron chi connectivity index (χ0n) is 15.7. The molecule has 0 bridgehead atoms. The van der Waals surface area contributed by atoms with Crippen LogP contribution in [0.25, 0.3) is 0 Å². The maximum absolute atomic E-state index is 12.4. The fourth-order valence-electron chi connectivity index (χ4n) is 2.98. The van der Waals surface area contributed by atoms with Crippen molar-refractivity contribution in [3.8, 4) is 5.75 Å². The van der Waals surface area contributed by atoms with Crippen molar-refractivity contribution in [1.82, 2.24) is 4.90 Å². The van der Waals surface area contributed by atoms with Gasteiger partial charge < -0.3 is 19.9 Å². The number of hydrogen-bond acceptors (Lipinski definition) is 4. The quantitative estimate of drug-likeness (QED) is 0.894. The molecule has 1 aliphatic rings. The summed E-state index contributed by atoms with van der Waals surface area (Å²) in [6, 6.07) is 15.3. The number of rotatable bonds is 5. The van der Waals surface area contributed by atoms with Crippen LogP contribution in [0.3, 0.4) is 0 Å². The second kappa shape index (κ2) is 8.23. The molecular weight excluding hydrogens is 326 g/mol. The van der Waals surface area contributed by atoms with Gasteiger partial charge in [-0.1, -0.05) is 0 Å². The van der Waals surface area contributed by atoms with Crippen LogP contribution in [0.4, 0.5) is 11.4 Å². The Morgan fingerprint density at radius 1 is 0.962 bits per heavy atom. The van der Waals surface area contributed by atoms with Gasteiger partial charge in [0.1, 0.15) is 5.75 Å². The van der Waals surface area contributed by atoms with E-state index < -0.39 is 0 Å². The summed E-state index contributed by atoms with van der Waals surface area (Å²) >= 11 is 0. The summed E-state index contributed by atoms with van der Waals surface area (Å²) in [6.45, 7) is 8.18. The van der Waals surface area contributed by atoms with Crippen molar-refractivity contribution in [2.75, 3.05) is 43.4 Å². The summed E-state index contributed by atoms with van der Waals surface area (Å²) < 4.78 is 5.61. The van der Waals surface area contributed by atoms with Crippen molar-refractivity contribution in [3.63, 3.8) is 0 Å². The van der Waals surface area contributed by atoms with Crippen molar-refractivity contribution in [1.29, 1.82) is 0 Å². The molecule has 0 aromatic heterocycles. The monoisotopic (exact) mass is 353 g/mol. The highest BCUT2D eigenvalue weighted by atomic mass is 16.5. The van der Waals surface area contributed by atoms with Gasteiger partial charge in [0.25, 0.3) is 5.91 Å². The average molecular weight is 353 g/mol. The van der Waals surface area contributed by atoms with Crippen LogP contribution in [0, 0.1) is 0 Å². The number of anilines is 2. The van der Waals surface area contributed by atoms with E-state index >= 15 is 0 Å². The Kier molecular flexibility index (Phi) is 5.78. The number of nitrogens with zero attached hydrogens (tertiary/aromatic N) is 2. The van der Waals surface area contributed by atoms with Gasteiger partial charge in [-0.2, -0.15) is 0 Å². The van der Waals surface area contributed by atoms with Crippen molar-refractivity contribution in [3.05, 3.63) is 54.1 Å². The first-order chi connectivity index (χ1) is 12.5. The Hall–Kier alpha value is -2.53. The molecule has 0 unspecified atom stereocenters. The molecule has 1 N–H and O–H groups in total. The SMILES string of the molecule is CC(C)Oc1ccc(C(=O)Nc2ccc(N3CCN(C)CC3)cc2)cc1. The number of hydrogen-bond donors (Lipinski definition) is 1. The van der Waals surface area contributed by atoms with E-state index in [2.05, 4.69) is 34.3 Å². The van der Waals surface area contributed by atoms with E-state index in [-0.39, 0.29) is 12.0 Å². The standard InChI is InChI=1S/C21H27N3O2/c1-16(2)26-20-10-4-17(5-11-20)21(25)22-18-6-8-19(9-7-18)24-14-12-23(3)13-15-24/h4-11,16H,12-15H2,1-3H3,(H,22,25). The summed E-state index contributed by atoms with van der Waals surface area (Å²) in [6.07, 6.45) is 0.119. The molecule has 5 heteroatoms. The van der Waals surface area contributed by atoms with Gasteiger partial charge in [-0.05, 0) is 69.4 Å². The Bertz CT molecular complexity index is 718. The number of benzene rings is 2. The first-order valence-electron chi connectivity index (χ1n) is 9.13. The molecule has 26 heavy (non-hydrogen) atoms. The van der Waals surface area contributed by atoms with Crippen molar-refractivity contribution < 1.29 is 9.53 Å². The highest BCUT2D eigenvalue weighted by Gasteiger charge is 2.14. The molecule has 0 saturated carbocycles. The molecule has 1 aliphatic heterocycles. The van der Waals surface area contributed by atoms with Gasteiger partial charge in [-0.15, -0.1) is 0 Å². The zero-order valence-corrected chi connectivity index (χ0v) is 15.7. The van der Waals surface area contributed by atoms with Crippen molar-refractivity contribution >= 4 is 17.3 Å². The second-order valence-electron chi connectivity index (χ2n) is 6.98. The van der Waals surface area contributed by atoms with Gasteiger partial charge >= 0.3 is 0 Å². The second-order valence-corrected chi connectivity index (χ2v) is 6.98. The van der Waals surface area contributed by atoms with Crippen molar-refractivity contribution in [2.45, 2.75) is 20.0 Å². The molecule has 1 saturated heterocycles. The van der Waals surface area contributed by atoms with Crippen LogP contribution in [0.1, 0.15) is 24.2 Å². The van der Waals surface area contributed by atoms with Crippen LogP contribution < -0.4 is 15.0 Å². The van der Waals surface area contributed by atoms with E-state index in [0.717, 1.165) is 37.6 Å². The maximum atomic E-state index is 12.4. The highest BCUT2D eigenvalue weighted by molar-refractivity contribution is 6.04. The number of nitrogens with one attached hydrogen (secondary N) is 1. The van der Waals surface area contributed by atoms with Crippen LogP contribution in [-0.4, -0.2) is 50.1 Å². The molecule has 0 atom stereocenters. The molecule has 0 aliphatic carbocycles. The molecule has 1 amide bonds. The Labute approximate surface area is 155 Å². The maximum Gasteiger partial charge on any atom is 0.255 e. The summed E-state index contributed by atoms with van der Waals surface area (Å²) in [7, 11) is 2.15. The minimum Gasteiger partial charge on any atom is -0.491 e. The van der Waals surface area contributed by atoms with Crippen LogP contribution >= 0.6 is 0 Å². The number of ether oxygens (including phenoxy) is 1. The van der Waals surface area contributed by atoms with E-state index in [4.69, 9.17) is 4.74 Å². The van der Waals surface area contributed by atoms with Gasteiger partial charge in [-0.25, -0.2) is 0 Å². The van der Waals surface area contributed by atoms with Crippen molar-refractivity contribution in [2.24, 2.45) is 0 Å². The van der Waals surface area contributed by atoms with Gasteiger partial charge in [0.2, 0.25) is 0 Å². The van der Waals surface area contributed by atoms with Gasteiger partial charge in [0, 0.05) is 43.1 Å². The Morgan fingerprint density at radius 3 is 2.15 bits per heavy atom. The normalized spacial score (nSPS) is 15.2. The number of carbonyl (C=O) groups is 1. The molecule has 1 fully saturated rings. The summed E-state index contributed by atoms with van der Waals surface area (Å²) in [5, 5.41) is 2.95. The molecule has 3 rings (SSSR count). The minimum absolute atomic E-state index is 0.117. The minimum atomic E-state index is -0.117. The summed E-state index contributed by atoms with van der Waals surface area (Å²) in [5.74, 6) is 0.654. The lowest BCUT2D eigenvalue weighted by atomic mass is 10.2. The van der Waals surface area contributed by atoms with Gasteiger partial charge in [0.15, 0.2) is 0 Å². The predicted molar refractivity (Wildman–Crippen MR) is 106 cm³/mol. The lowest BCUT2D eigenvalue weighted by molar-refractivity contribution is 0.102. The Balaban J connectivity index is 1.59. The molecule has 2 aromatic rings. The zero-order chi connectivity index (χ0) is 18.5. The molecule has 5 nitrogen and oxygen atoms in total. The number of carbonyl (C=O) groups excluding carboxylic acids is 1. The molecule has 0 spiro atoms. The van der Waals surface area contributed by atoms with E-state index in [0.29, 0.717) is 5.56 Å². The largest absolute Gasteiger partial charge is 0.491 e. The molecule has 138 valence electrons. The van der Waals surface area contributed by atoms with Crippen LogP contribution in [0.2, 0.25) is 0 Å². The number of likely N-dealkylation sites (N-methyl/N-ethyl adjacent to an activating group) is 1. The fraction of sp³-hybridized carbons (Fsp3) is 0.381. The first kappa shape index (κ1) is 18.3. The van der Waals surface area contributed by atoms with Gasteiger partial charge in [-0.3, -0.25) is 4.79 Å². The highest BCUT2D eigenvalue weighted by Crippen LogP contribution is 2.20. The fourth-order valence-corrected chi connectivity index (χ4v) is 2.98. The third-order valence-corrected chi connectivity index (χ3v) is 4.48.